The van der Waals surface area contributed by atoms with Crippen LogP contribution in [0.25, 0.3) is 0 Å². The van der Waals surface area contributed by atoms with E-state index in [1.54, 1.807) is 11.8 Å². The van der Waals surface area contributed by atoms with Gasteiger partial charge in [0.05, 0.1) is 12.6 Å². The standard InChI is InChI=1S/C13H20N2O3S/c1-9-3-2-4-11-12(5-9)19-7-10(15-13(16)17)6-18-8-14-11/h2,4,9-10,14-15H,3,5-8H2,1H3,(H,16,17). The molecule has 0 bridgehead atoms. The molecule has 19 heavy (non-hydrogen) atoms. The molecular formula is C13H20N2O3S. The molecular weight excluding hydrogens is 264 g/mol. The number of hydrogen-bond acceptors (Lipinski definition) is 4. The molecule has 0 aromatic heterocycles. The molecule has 2 atom stereocenters. The average Bonchev–Trinajstić information content (AvgIpc) is 2.46. The zero-order valence-electron chi connectivity index (χ0n) is 11.0. The fraction of sp³-hybridized carbons (Fsp3) is 0.615. The molecule has 0 saturated carbocycles. The number of hydrogen-bond donors (Lipinski definition) is 3. The van der Waals surface area contributed by atoms with Gasteiger partial charge in [0.2, 0.25) is 0 Å². The topological polar surface area (TPSA) is 70.6 Å². The predicted molar refractivity (Wildman–Crippen MR) is 75.9 cm³/mol. The number of carbonyl (C=O) groups is 1. The molecule has 1 heterocycles. The van der Waals surface area contributed by atoms with E-state index in [4.69, 9.17) is 9.84 Å². The summed E-state index contributed by atoms with van der Waals surface area (Å²) >= 11 is 1.72. The molecule has 1 aliphatic heterocycles. The first-order valence-corrected chi connectivity index (χ1v) is 7.47. The number of allylic oxidation sites excluding steroid dienone is 3. The molecule has 5 nitrogen and oxygen atoms in total. The zero-order chi connectivity index (χ0) is 13.7. The van der Waals surface area contributed by atoms with E-state index in [1.165, 1.54) is 4.91 Å². The van der Waals surface area contributed by atoms with E-state index in [9.17, 15) is 4.79 Å². The maximum Gasteiger partial charge on any atom is 0.404 e. The van der Waals surface area contributed by atoms with Crippen molar-refractivity contribution in [3.05, 3.63) is 22.8 Å². The number of nitrogens with one attached hydrogen (secondary N) is 2. The number of rotatable bonds is 1. The second kappa shape index (κ2) is 6.86. The Kier molecular flexibility index (Phi) is 5.15. The van der Waals surface area contributed by atoms with Gasteiger partial charge < -0.3 is 20.5 Å². The van der Waals surface area contributed by atoms with E-state index in [1.807, 2.05) is 0 Å². The van der Waals surface area contributed by atoms with Gasteiger partial charge in [-0.15, -0.1) is 11.8 Å². The highest BCUT2D eigenvalue weighted by Crippen LogP contribution is 2.31. The maximum atomic E-state index is 10.7. The van der Waals surface area contributed by atoms with E-state index in [2.05, 4.69) is 29.7 Å². The molecule has 1 aliphatic carbocycles. The average molecular weight is 284 g/mol. The van der Waals surface area contributed by atoms with Gasteiger partial charge in [0, 0.05) is 16.4 Å². The van der Waals surface area contributed by atoms with Crippen molar-refractivity contribution >= 4 is 17.9 Å². The first kappa shape index (κ1) is 14.3. The predicted octanol–water partition coefficient (Wildman–Crippen LogP) is 2.13. The van der Waals surface area contributed by atoms with E-state index in [0.717, 1.165) is 18.5 Å². The molecule has 0 spiro atoms. The smallest absolute Gasteiger partial charge is 0.404 e. The van der Waals surface area contributed by atoms with Crippen LogP contribution in [0, 0.1) is 5.92 Å². The summed E-state index contributed by atoms with van der Waals surface area (Å²) in [5, 5.41) is 14.6. The van der Waals surface area contributed by atoms with E-state index >= 15 is 0 Å². The summed E-state index contributed by atoms with van der Waals surface area (Å²) in [5.74, 6) is 1.32. The number of thioether (sulfide) groups is 1. The first-order valence-electron chi connectivity index (χ1n) is 6.48. The third-order valence-electron chi connectivity index (χ3n) is 3.13. The third-order valence-corrected chi connectivity index (χ3v) is 4.43. The molecule has 6 heteroatoms. The van der Waals surface area contributed by atoms with E-state index in [-0.39, 0.29) is 6.04 Å². The Hall–Kier alpha value is -1.14. The van der Waals surface area contributed by atoms with Crippen molar-refractivity contribution < 1.29 is 14.6 Å². The second-order valence-corrected chi connectivity index (χ2v) is 6.05. The molecule has 3 N–H and O–H groups in total. The number of amides is 1. The largest absolute Gasteiger partial charge is 0.465 e. The molecule has 2 rings (SSSR count). The summed E-state index contributed by atoms with van der Waals surface area (Å²) in [6.07, 6.45) is 5.41. The van der Waals surface area contributed by atoms with Crippen LogP contribution in [0.3, 0.4) is 0 Å². The lowest BCUT2D eigenvalue weighted by atomic mass is 10.1. The minimum Gasteiger partial charge on any atom is -0.465 e. The summed E-state index contributed by atoms with van der Waals surface area (Å²) in [4.78, 5) is 12.0. The lowest BCUT2D eigenvalue weighted by Gasteiger charge is -2.16. The van der Waals surface area contributed by atoms with Gasteiger partial charge in [-0.2, -0.15) is 0 Å². The molecule has 0 aromatic rings. The van der Waals surface area contributed by atoms with Crippen molar-refractivity contribution in [2.45, 2.75) is 25.8 Å². The Morgan fingerprint density at radius 2 is 2.47 bits per heavy atom. The van der Waals surface area contributed by atoms with Gasteiger partial charge in [-0.1, -0.05) is 13.0 Å². The zero-order valence-corrected chi connectivity index (χ0v) is 11.8. The minimum absolute atomic E-state index is 0.168. The molecule has 106 valence electrons. The van der Waals surface area contributed by atoms with Crippen LogP contribution in [0.5, 0.6) is 0 Å². The Morgan fingerprint density at radius 3 is 3.26 bits per heavy atom. The van der Waals surface area contributed by atoms with Crippen LogP contribution >= 0.6 is 11.8 Å². The Balaban J connectivity index is 2.06. The van der Waals surface area contributed by atoms with Crippen molar-refractivity contribution in [2.75, 3.05) is 19.1 Å². The summed E-state index contributed by atoms with van der Waals surface area (Å²) in [6, 6.07) is -0.168. The van der Waals surface area contributed by atoms with Crippen LogP contribution in [0.1, 0.15) is 19.8 Å². The number of carboxylic acid groups (broad SMARTS) is 1. The molecule has 0 fully saturated rings. The van der Waals surface area contributed by atoms with Crippen LogP contribution in [-0.2, 0) is 4.74 Å². The van der Waals surface area contributed by atoms with Gasteiger partial charge in [0.15, 0.2) is 0 Å². The molecule has 0 aromatic carbocycles. The van der Waals surface area contributed by atoms with Crippen molar-refractivity contribution in [3.8, 4) is 0 Å². The fourth-order valence-electron chi connectivity index (χ4n) is 2.15. The Morgan fingerprint density at radius 1 is 1.63 bits per heavy atom. The highest BCUT2D eigenvalue weighted by atomic mass is 32.2. The van der Waals surface area contributed by atoms with Gasteiger partial charge in [-0.3, -0.25) is 0 Å². The van der Waals surface area contributed by atoms with Gasteiger partial charge in [-0.05, 0) is 24.8 Å². The van der Waals surface area contributed by atoms with Gasteiger partial charge >= 0.3 is 6.09 Å². The maximum absolute atomic E-state index is 10.7. The molecule has 2 unspecified atom stereocenters. The number of ether oxygens (including phenoxy) is 1. The van der Waals surface area contributed by atoms with Crippen molar-refractivity contribution in [3.63, 3.8) is 0 Å². The molecule has 1 amide bonds. The van der Waals surface area contributed by atoms with E-state index in [0.29, 0.717) is 25.0 Å². The molecule has 2 aliphatic rings. The summed E-state index contributed by atoms with van der Waals surface area (Å²) in [7, 11) is 0. The van der Waals surface area contributed by atoms with Crippen LogP contribution in [0.2, 0.25) is 0 Å². The summed E-state index contributed by atoms with van der Waals surface area (Å²) in [6.45, 7) is 3.04. The van der Waals surface area contributed by atoms with Crippen LogP contribution < -0.4 is 10.6 Å². The minimum atomic E-state index is -0.996. The van der Waals surface area contributed by atoms with E-state index < -0.39 is 6.09 Å². The van der Waals surface area contributed by atoms with Crippen LogP contribution in [0.4, 0.5) is 4.79 Å². The molecule has 0 saturated heterocycles. The highest BCUT2D eigenvalue weighted by molar-refractivity contribution is 8.03. The van der Waals surface area contributed by atoms with Crippen molar-refractivity contribution in [1.29, 1.82) is 0 Å². The Labute approximate surface area is 117 Å². The van der Waals surface area contributed by atoms with Gasteiger partial charge in [0.1, 0.15) is 6.73 Å². The van der Waals surface area contributed by atoms with Crippen LogP contribution in [-0.4, -0.2) is 36.3 Å². The van der Waals surface area contributed by atoms with Crippen LogP contribution in [0.15, 0.2) is 22.8 Å². The quantitative estimate of drug-likeness (QED) is 0.688. The molecule has 0 radical (unpaired) electrons. The first-order chi connectivity index (χ1) is 9.15. The summed E-state index contributed by atoms with van der Waals surface area (Å²) < 4.78 is 5.47. The van der Waals surface area contributed by atoms with Gasteiger partial charge in [0.25, 0.3) is 0 Å². The fourth-order valence-corrected chi connectivity index (χ4v) is 3.43. The third kappa shape index (κ3) is 4.47. The Bertz CT molecular complexity index is 395. The normalized spacial score (nSPS) is 28.3. The monoisotopic (exact) mass is 284 g/mol. The van der Waals surface area contributed by atoms with Crippen molar-refractivity contribution in [2.24, 2.45) is 5.92 Å². The lowest BCUT2D eigenvalue weighted by molar-refractivity contribution is 0.105. The highest BCUT2D eigenvalue weighted by Gasteiger charge is 2.19. The summed E-state index contributed by atoms with van der Waals surface area (Å²) in [5.41, 5.74) is 1.12. The second-order valence-electron chi connectivity index (χ2n) is 4.93. The lowest BCUT2D eigenvalue weighted by Crippen LogP contribution is -2.39. The van der Waals surface area contributed by atoms with Gasteiger partial charge in [-0.25, -0.2) is 4.79 Å². The van der Waals surface area contributed by atoms with Crippen molar-refractivity contribution in [1.82, 2.24) is 10.6 Å². The SMILES string of the molecule is CC1CC=CC2=C(C1)SCC(NC(=O)O)COCN2.